The predicted molar refractivity (Wildman–Crippen MR) is 154 cm³/mol. The second-order valence-electron chi connectivity index (χ2n) is 9.97. The van der Waals surface area contributed by atoms with E-state index >= 15 is 0 Å². The third kappa shape index (κ3) is 10.6. The van der Waals surface area contributed by atoms with Gasteiger partial charge < -0.3 is 42.6 Å². The summed E-state index contributed by atoms with van der Waals surface area (Å²) in [4.78, 5) is 69.8. The van der Waals surface area contributed by atoms with Crippen molar-refractivity contribution in [3.05, 3.63) is 83.9 Å². The van der Waals surface area contributed by atoms with Crippen LogP contribution in [0.25, 0.3) is 0 Å². The molecule has 10 N–H and O–H groups in total. The molecule has 0 bridgehead atoms. The van der Waals surface area contributed by atoms with Crippen molar-refractivity contribution in [3.8, 4) is 5.75 Å². The first kappa shape index (κ1) is 32.3. The fourth-order valence-corrected chi connectivity index (χ4v) is 4.23. The van der Waals surface area contributed by atoms with Crippen LogP contribution in [0.15, 0.2) is 67.1 Å². The molecule has 0 radical (unpaired) electrons. The molecule has 14 nitrogen and oxygen atoms in total. The molecule has 4 unspecified atom stereocenters. The smallest absolute Gasteiger partial charge is 0.326 e. The summed E-state index contributed by atoms with van der Waals surface area (Å²) in [7, 11) is 0. The molecular formula is C29H35N7O7. The van der Waals surface area contributed by atoms with Crippen LogP contribution in [-0.4, -0.2) is 73.9 Å². The highest BCUT2D eigenvalue weighted by molar-refractivity contribution is 5.94. The highest BCUT2D eigenvalue weighted by Gasteiger charge is 2.31. The summed E-state index contributed by atoms with van der Waals surface area (Å²) < 4.78 is 0. The van der Waals surface area contributed by atoms with E-state index < -0.39 is 53.8 Å². The molecule has 4 amide bonds. The van der Waals surface area contributed by atoms with E-state index in [2.05, 4.69) is 25.9 Å². The normalized spacial score (nSPS) is 13.6. The number of amides is 4. The van der Waals surface area contributed by atoms with Crippen molar-refractivity contribution in [2.75, 3.05) is 0 Å². The number of imidazole rings is 1. The molecule has 2 aromatic carbocycles. The third-order valence-electron chi connectivity index (χ3n) is 6.55. The molecule has 1 aromatic heterocycles. The quantitative estimate of drug-likeness (QED) is 0.104. The van der Waals surface area contributed by atoms with Crippen LogP contribution in [-0.2, 0) is 43.2 Å². The largest absolute Gasteiger partial charge is 0.508 e. The molecule has 4 atom stereocenters. The molecule has 0 spiro atoms. The van der Waals surface area contributed by atoms with Crippen molar-refractivity contribution in [3.63, 3.8) is 0 Å². The highest BCUT2D eigenvalue weighted by atomic mass is 16.4. The van der Waals surface area contributed by atoms with E-state index in [4.69, 9.17) is 11.5 Å². The lowest BCUT2D eigenvalue weighted by atomic mass is 10.0. The Labute approximate surface area is 247 Å². The molecular weight excluding hydrogens is 558 g/mol. The summed E-state index contributed by atoms with van der Waals surface area (Å²) in [6, 6.07) is 9.92. The first-order chi connectivity index (χ1) is 20.5. The topological polar surface area (TPSA) is 243 Å². The zero-order valence-corrected chi connectivity index (χ0v) is 23.2. The number of nitrogens with two attached hydrogens (primary N) is 2. The number of rotatable bonds is 16. The van der Waals surface area contributed by atoms with E-state index in [-0.39, 0.29) is 37.9 Å². The Morgan fingerprint density at radius 3 is 2.00 bits per heavy atom. The summed E-state index contributed by atoms with van der Waals surface area (Å²) >= 11 is 0. The molecule has 3 rings (SSSR count). The van der Waals surface area contributed by atoms with Gasteiger partial charge >= 0.3 is 5.97 Å². The number of aromatic amines is 1. The molecule has 0 aliphatic carbocycles. The van der Waals surface area contributed by atoms with Crippen LogP contribution in [0.2, 0.25) is 0 Å². The van der Waals surface area contributed by atoms with Gasteiger partial charge in [-0.2, -0.15) is 0 Å². The number of hydrogen-bond acceptors (Lipinski definition) is 8. The van der Waals surface area contributed by atoms with Crippen molar-refractivity contribution in [1.29, 1.82) is 0 Å². The lowest BCUT2D eigenvalue weighted by Gasteiger charge is -2.25. The standard InChI is InChI=1S/C29H35N7O7/c30-21(12-17-4-2-1-3-5-17)26(39)34-22(10-11-25(31)38)27(40)35-23(14-19-15-32-16-33-19)28(41)36-24(29(42)43)13-18-6-8-20(37)9-7-18/h1-9,15-16,21-24,37H,10-14,30H2,(H2,31,38)(H,32,33)(H,34,39)(H,35,40)(H,36,41)(H,42,43). The number of carboxylic acids is 1. The van der Waals surface area contributed by atoms with Gasteiger partial charge in [-0.25, -0.2) is 9.78 Å². The molecule has 0 fully saturated rings. The van der Waals surface area contributed by atoms with Gasteiger partial charge in [0, 0.05) is 31.2 Å². The van der Waals surface area contributed by atoms with E-state index in [1.165, 1.54) is 36.8 Å². The number of benzene rings is 2. The Bertz CT molecular complexity index is 1380. The van der Waals surface area contributed by atoms with Gasteiger partial charge in [-0.1, -0.05) is 42.5 Å². The van der Waals surface area contributed by atoms with Gasteiger partial charge in [0.25, 0.3) is 0 Å². The number of nitrogens with one attached hydrogen (secondary N) is 4. The third-order valence-corrected chi connectivity index (χ3v) is 6.55. The Kier molecular flexibility index (Phi) is 11.8. The molecule has 3 aromatic rings. The van der Waals surface area contributed by atoms with E-state index in [0.29, 0.717) is 11.3 Å². The zero-order valence-electron chi connectivity index (χ0n) is 23.2. The Hall–Kier alpha value is -5.24. The van der Waals surface area contributed by atoms with Crippen molar-refractivity contribution in [2.24, 2.45) is 11.5 Å². The van der Waals surface area contributed by atoms with Crippen molar-refractivity contribution in [1.82, 2.24) is 25.9 Å². The van der Waals surface area contributed by atoms with Crippen molar-refractivity contribution in [2.45, 2.75) is 56.3 Å². The number of hydrogen-bond donors (Lipinski definition) is 8. The van der Waals surface area contributed by atoms with Gasteiger partial charge in [0.15, 0.2) is 0 Å². The number of carbonyl (C=O) groups excluding carboxylic acids is 4. The van der Waals surface area contributed by atoms with Gasteiger partial charge in [0.05, 0.1) is 12.4 Å². The highest BCUT2D eigenvalue weighted by Crippen LogP contribution is 2.12. The number of aromatic nitrogens is 2. The van der Waals surface area contributed by atoms with Crippen molar-refractivity contribution < 1.29 is 34.2 Å². The van der Waals surface area contributed by atoms with Gasteiger partial charge in [-0.15, -0.1) is 0 Å². The molecule has 228 valence electrons. The van der Waals surface area contributed by atoms with E-state index in [1.54, 1.807) is 24.3 Å². The Balaban J connectivity index is 1.75. The van der Waals surface area contributed by atoms with Crippen LogP contribution < -0.4 is 27.4 Å². The summed E-state index contributed by atoms with van der Waals surface area (Å²) in [5.41, 5.74) is 13.2. The lowest BCUT2D eigenvalue weighted by molar-refractivity contribution is -0.142. The minimum atomic E-state index is -1.36. The monoisotopic (exact) mass is 593 g/mol. The maximum absolute atomic E-state index is 13.4. The Morgan fingerprint density at radius 2 is 1.40 bits per heavy atom. The average molecular weight is 594 g/mol. The van der Waals surface area contributed by atoms with Crippen LogP contribution in [0.1, 0.15) is 29.7 Å². The summed E-state index contributed by atoms with van der Waals surface area (Å²) in [5.74, 6) is -4.27. The molecule has 0 aliphatic rings. The first-order valence-electron chi connectivity index (χ1n) is 13.5. The molecule has 0 saturated heterocycles. The molecule has 1 heterocycles. The molecule has 43 heavy (non-hydrogen) atoms. The molecule has 0 saturated carbocycles. The summed E-state index contributed by atoms with van der Waals surface area (Å²) in [6.45, 7) is 0. The predicted octanol–water partition coefficient (Wildman–Crippen LogP) is -0.725. The number of aliphatic carboxylic acids is 1. The minimum absolute atomic E-state index is 0.000923. The van der Waals surface area contributed by atoms with E-state index in [1.807, 2.05) is 6.07 Å². The number of phenolic OH excluding ortho intramolecular Hbond substituents is 1. The second-order valence-corrected chi connectivity index (χ2v) is 9.97. The van der Waals surface area contributed by atoms with Crippen LogP contribution in [0, 0.1) is 0 Å². The van der Waals surface area contributed by atoms with Crippen LogP contribution in [0.4, 0.5) is 0 Å². The minimum Gasteiger partial charge on any atom is -0.508 e. The average Bonchev–Trinajstić information content (AvgIpc) is 3.49. The molecule has 0 aliphatic heterocycles. The number of phenols is 1. The number of carbonyl (C=O) groups is 5. The van der Waals surface area contributed by atoms with Crippen LogP contribution >= 0.6 is 0 Å². The summed E-state index contributed by atoms with van der Waals surface area (Å²) in [5, 5.41) is 26.8. The van der Waals surface area contributed by atoms with E-state index in [0.717, 1.165) is 5.56 Å². The fourth-order valence-electron chi connectivity index (χ4n) is 4.23. The number of primary amides is 1. The second kappa shape index (κ2) is 15.7. The lowest BCUT2D eigenvalue weighted by Crippen LogP contribution is -2.58. The fraction of sp³-hybridized carbons (Fsp3) is 0.310. The summed E-state index contributed by atoms with van der Waals surface area (Å²) in [6.07, 6.45) is 2.42. The number of carboxylic acid groups (broad SMARTS) is 1. The molecule has 14 heteroatoms. The Morgan fingerprint density at radius 1 is 0.791 bits per heavy atom. The van der Waals surface area contributed by atoms with Gasteiger partial charge in [0.2, 0.25) is 23.6 Å². The number of aromatic hydroxyl groups is 1. The van der Waals surface area contributed by atoms with Gasteiger partial charge in [0.1, 0.15) is 23.9 Å². The van der Waals surface area contributed by atoms with E-state index in [9.17, 15) is 34.2 Å². The zero-order chi connectivity index (χ0) is 31.4. The van der Waals surface area contributed by atoms with Crippen molar-refractivity contribution >= 4 is 29.6 Å². The van der Waals surface area contributed by atoms with Gasteiger partial charge in [-0.3, -0.25) is 19.2 Å². The first-order valence-corrected chi connectivity index (χ1v) is 13.5. The van der Waals surface area contributed by atoms with Gasteiger partial charge in [-0.05, 0) is 36.1 Å². The van der Waals surface area contributed by atoms with Crippen LogP contribution in [0.3, 0.4) is 0 Å². The maximum Gasteiger partial charge on any atom is 0.326 e. The maximum atomic E-state index is 13.4. The number of nitrogens with zero attached hydrogens (tertiary/aromatic N) is 1. The van der Waals surface area contributed by atoms with Crippen LogP contribution in [0.5, 0.6) is 5.75 Å². The SMILES string of the molecule is NC(=O)CCC(NC(=O)C(N)Cc1ccccc1)C(=O)NC(Cc1cnc[nH]1)C(=O)NC(Cc1ccc(O)cc1)C(=O)O. The number of H-pyrrole nitrogens is 1.